The van der Waals surface area contributed by atoms with Crippen LogP contribution in [0.15, 0.2) is 23.1 Å². The zero-order valence-corrected chi connectivity index (χ0v) is 12.1. The Morgan fingerprint density at radius 3 is 2.36 bits per heavy atom. The monoisotopic (exact) mass is 284 g/mol. The molecule has 0 saturated heterocycles. The van der Waals surface area contributed by atoms with E-state index in [1.165, 1.54) is 18.2 Å². The fraction of sp³-hybridized carbons (Fsp3) is 0. The average Bonchev–Trinajstić information content (AvgIpc) is 2.09. The molecular weight excluding hydrogens is 281 g/mol. The first-order valence-corrected chi connectivity index (χ1v) is 5.45. The van der Waals surface area contributed by atoms with Crippen LogP contribution < -0.4 is 29.6 Å². The smallest absolute Gasteiger partial charge is 1.00 e. The Kier molecular flexibility index (Phi) is 6.34. The van der Waals surface area contributed by atoms with Gasteiger partial charge in [-0.3, -0.25) is 0 Å². The third-order valence-corrected chi connectivity index (χ3v) is 3.74. The van der Waals surface area contributed by atoms with E-state index >= 15 is 0 Å². The van der Waals surface area contributed by atoms with Crippen LogP contribution in [-0.4, -0.2) is 8.42 Å². The largest absolute Gasteiger partial charge is 1.00 e. The molecule has 8 heteroatoms. The maximum atomic E-state index is 11.1. The second kappa shape index (κ2) is 5.92. The van der Waals surface area contributed by atoms with E-state index in [1.807, 2.05) is 0 Å². The molecule has 1 aromatic carbocycles. The van der Waals surface area contributed by atoms with E-state index < -0.39 is 10.1 Å². The third kappa shape index (κ3) is 3.25. The summed E-state index contributed by atoms with van der Waals surface area (Å²) in [6.07, 6.45) is 0. The summed E-state index contributed by atoms with van der Waals surface area (Å²) in [4.78, 5) is -0.253. The van der Waals surface area contributed by atoms with Gasteiger partial charge >= 0.3 is 39.7 Å². The molecule has 0 amide bonds. The normalized spacial score (nSPS) is 10.8. The molecule has 1 rings (SSSR count). The van der Waals surface area contributed by atoms with Gasteiger partial charge in [-0.2, -0.15) is 12.2 Å². The van der Waals surface area contributed by atoms with E-state index in [0.29, 0.717) is 0 Å². The van der Waals surface area contributed by atoms with E-state index in [9.17, 15) is 8.42 Å². The van der Waals surface area contributed by atoms with Gasteiger partial charge in [-0.05, 0) is 12.1 Å². The van der Waals surface area contributed by atoms with Crippen molar-refractivity contribution >= 4 is 45.2 Å². The van der Waals surface area contributed by atoms with Gasteiger partial charge in [-0.15, -0.1) is 0 Å². The number of hydrogen-bond acceptors (Lipinski definition) is 3. The van der Waals surface area contributed by atoms with Crippen molar-refractivity contribution in [1.29, 1.82) is 0 Å². The molecule has 0 aromatic heterocycles. The van der Waals surface area contributed by atoms with E-state index in [0.717, 1.165) is 0 Å². The van der Waals surface area contributed by atoms with Crippen molar-refractivity contribution < 1.29 is 43.1 Å². The Balaban J connectivity index is 0. The number of benzene rings is 1. The molecular formula is C6H4Cl3NaO3S. The van der Waals surface area contributed by atoms with Gasteiger partial charge in [-0.1, -0.05) is 29.3 Å². The summed E-state index contributed by atoms with van der Waals surface area (Å²) in [7, 11) is -4.00. The second-order valence-electron chi connectivity index (χ2n) is 2.07. The molecule has 74 valence electrons. The van der Waals surface area contributed by atoms with Crippen molar-refractivity contribution in [3.05, 3.63) is 28.2 Å². The van der Waals surface area contributed by atoms with Gasteiger partial charge in [-0.25, -0.2) is 0 Å². The van der Waals surface area contributed by atoms with Crippen molar-refractivity contribution in [2.45, 2.75) is 4.90 Å². The maximum absolute atomic E-state index is 11.1. The summed E-state index contributed by atoms with van der Waals surface area (Å²) in [6, 6.07) is 4.13. The van der Waals surface area contributed by atoms with Crippen LogP contribution in [0.25, 0.3) is 0 Å². The molecule has 0 aliphatic rings. The quantitative estimate of drug-likeness (QED) is 0.717. The molecule has 0 N–H and O–H groups in total. The SMILES string of the molecule is O=S(=O)(OCl)c1cccc(Cl)c1Cl.[H-].[Na+]. The Bertz CT molecular complexity index is 426. The van der Waals surface area contributed by atoms with Gasteiger partial charge in [0.25, 0.3) is 0 Å². The van der Waals surface area contributed by atoms with Crippen molar-refractivity contribution in [2.75, 3.05) is 0 Å². The van der Waals surface area contributed by atoms with Crippen LogP contribution in [0, 0.1) is 0 Å². The van der Waals surface area contributed by atoms with Gasteiger partial charge in [0.1, 0.15) is 4.90 Å². The van der Waals surface area contributed by atoms with Crippen molar-refractivity contribution in [1.82, 2.24) is 0 Å². The molecule has 0 unspecified atom stereocenters. The summed E-state index contributed by atoms with van der Waals surface area (Å²) in [5, 5.41) is 0.0151. The van der Waals surface area contributed by atoms with Crippen molar-refractivity contribution in [3.63, 3.8) is 0 Å². The zero-order chi connectivity index (χ0) is 10.1. The summed E-state index contributed by atoms with van der Waals surface area (Å²) in [5.41, 5.74) is 0. The third-order valence-electron chi connectivity index (χ3n) is 1.27. The molecule has 0 spiro atoms. The number of rotatable bonds is 2. The first kappa shape index (κ1) is 15.0. The predicted octanol–water partition coefficient (Wildman–Crippen LogP) is -0.0310. The van der Waals surface area contributed by atoms with E-state index in [1.54, 1.807) is 0 Å². The molecule has 0 atom stereocenters. The molecule has 0 bridgehead atoms. The molecule has 0 fully saturated rings. The fourth-order valence-electron chi connectivity index (χ4n) is 0.711. The van der Waals surface area contributed by atoms with Gasteiger partial charge in [0, 0.05) is 0 Å². The first-order chi connectivity index (χ1) is 5.99. The van der Waals surface area contributed by atoms with Crippen LogP contribution in [-0.2, 0) is 13.9 Å². The summed E-state index contributed by atoms with van der Waals surface area (Å²) < 4.78 is 25.9. The van der Waals surface area contributed by atoms with Crippen LogP contribution in [0.3, 0.4) is 0 Å². The summed E-state index contributed by atoms with van der Waals surface area (Å²) >= 11 is 16.0. The summed E-state index contributed by atoms with van der Waals surface area (Å²) in [5.74, 6) is 0. The standard InChI is InChI=1S/C6H3Cl3O3S.Na.H/c7-4-2-1-3-5(6(4)8)13(10,11)12-9;;/h1-3H;;/q;+1;-1. The minimum Gasteiger partial charge on any atom is -1.00 e. The molecule has 0 aliphatic heterocycles. The number of hydrogen-bond donors (Lipinski definition) is 0. The molecule has 0 heterocycles. The molecule has 0 aliphatic carbocycles. The topological polar surface area (TPSA) is 43.4 Å². The minimum absolute atomic E-state index is 0. The number of halogens is 3. The molecule has 0 radical (unpaired) electrons. The first-order valence-electron chi connectivity index (χ1n) is 2.98. The molecule has 1 aromatic rings. The predicted molar refractivity (Wildman–Crippen MR) is 51.7 cm³/mol. The minimum atomic E-state index is -4.00. The van der Waals surface area contributed by atoms with E-state index in [4.69, 9.17) is 35.1 Å². The average molecular weight is 286 g/mol. The van der Waals surface area contributed by atoms with Crippen LogP contribution in [0.1, 0.15) is 1.43 Å². The van der Waals surface area contributed by atoms with Crippen molar-refractivity contribution in [2.24, 2.45) is 0 Å². The Morgan fingerprint density at radius 1 is 1.29 bits per heavy atom. The molecule has 0 saturated carbocycles. The van der Waals surface area contributed by atoms with Gasteiger partial charge in [0.05, 0.1) is 21.9 Å². The summed E-state index contributed by atoms with van der Waals surface area (Å²) in [6.45, 7) is 0. The molecule has 14 heavy (non-hydrogen) atoms. The maximum Gasteiger partial charge on any atom is 1.00 e. The Labute approximate surface area is 120 Å². The van der Waals surface area contributed by atoms with Gasteiger partial charge in [0.15, 0.2) is 0 Å². The Hall–Kier alpha value is 1.000. The fourth-order valence-corrected chi connectivity index (χ4v) is 2.20. The molecule has 3 nitrogen and oxygen atoms in total. The van der Waals surface area contributed by atoms with Crippen LogP contribution in [0.5, 0.6) is 0 Å². The van der Waals surface area contributed by atoms with Crippen LogP contribution in [0.2, 0.25) is 10.0 Å². The van der Waals surface area contributed by atoms with Gasteiger partial charge < -0.3 is 1.43 Å². The van der Waals surface area contributed by atoms with Gasteiger partial charge in [0.2, 0.25) is 0 Å². The zero-order valence-electron chi connectivity index (χ0n) is 8.00. The van der Waals surface area contributed by atoms with E-state index in [2.05, 4.69) is 3.74 Å². The Morgan fingerprint density at radius 2 is 1.86 bits per heavy atom. The van der Waals surface area contributed by atoms with Crippen molar-refractivity contribution in [3.8, 4) is 0 Å². The van der Waals surface area contributed by atoms with Crippen LogP contribution in [0.4, 0.5) is 0 Å². The second-order valence-corrected chi connectivity index (χ2v) is 4.71. The van der Waals surface area contributed by atoms with E-state index in [-0.39, 0.29) is 45.9 Å². The van der Waals surface area contributed by atoms with Crippen LogP contribution >= 0.6 is 35.1 Å².